The van der Waals surface area contributed by atoms with Gasteiger partial charge < -0.3 is 13.9 Å². The molecular formula is C7H13N2O4PS2. The van der Waals surface area contributed by atoms with Crippen molar-refractivity contribution in [3.63, 3.8) is 0 Å². The lowest BCUT2D eigenvalue weighted by Gasteiger charge is -2.19. The highest BCUT2D eigenvalue weighted by Crippen LogP contribution is 2.59. The number of carbonyl (C=O) groups is 2. The van der Waals surface area contributed by atoms with Crippen LogP contribution in [0.1, 0.15) is 0 Å². The maximum absolute atomic E-state index is 11.5. The van der Waals surface area contributed by atoms with Crippen molar-refractivity contribution >= 4 is 40.8 Å². The van der Waals surface area contributed by atoms with E-state index in [0.29, 0.717) is 0 Å². The van der Waals surface area contributed by atoms with Crippen molar-refractivity contribution in [3.8, 4) is 0 Å². The largest absolute Gasteiger partial charge is 0.327 e. The number of amides is 3. The third kappa shape index (κ3) is 2.95. The molecule has 0 bridgehead atoms. The third-order valence-electron chi connectivity index (χ3n) is 2.02. The summed E-state index contributed by atoms with van der Waals surface area (Å²) in [6.07, 6.45) is 0. The zero-order chi connectivity index (χ0) is 12.3. The lowest BCUT2D eigenvalue weighted by molar-refractivity contribution is -0.124. The summed E-state index contributed by atoms with van der Waals surface area (Å²) in [6, 6.07) is -0.314. The first-order valence-electron chi connectivity index (χ1n) is 4.35. The molecule has 1 aliphatic rings. The minimum atomic E-state index is -2.42. The predicted molar refractivity (Wildman–Crippen MR) is 65.6 cm³/mol. The van der Waals surface area contributed by atoms with Crippen LogP contribution >= 0.6 is 17.1 Å². The highest BCUT2D eigenvalue weighted by Gasteiger charge is 2.34. The molecule has 1 fully saturated rings. The summed E-state index contributed by atoms with van der Waals surface area (Å²) in [7, 11) is 4.49. The summed E-state index contributed by atoms with van der Waals surface area (Å²) < 4.78 is 10.1. The molecule has 0 spiro atoms. The van der Waals surface area contributed by atoms with Crippen LogP contribution in [-0.4, -0.2) is 55.4 Å². The van der Waals surface area contributed by atoms with E-state index >= 15 is 0 Å². The molecule has 0 saturated carbocycles. The zero-order valence-corrected chi connectivity index (χ0v) is 11.7. The van der Waals surface area contributed by atoms with Gasteiger partial charge in [0.2, 0.25) is 5.69 Å². The average Bonchev–Trinajstić information content (AvgIpc) is 2.51. The van der Waals surface area contributed by atoms with E-state index < -0.39 is 5.69 Å². The standard InChI is InChI=1S/C7H13N2O4PS2/c1-8-4-6(10)9(7(8)11)5-16-14(15,12-2)13-3/h4-5H2,1-3H3. The van der Waals surface area contributed by atoms with Gasteiger partial charge in [-0.25, -0.2) is 4.79 Å². The Bertz CT molecular complexity index is 343. The second kappa shape index (κ2) is 5.46. The van der Waals surface area contributed by atoms with E-state index in [2.05, 4.69) is 0 Å². The van der Waals surface area contributed by atoms with Gasteiger partial charge in [-0.15, -0.1) is 0 Å². The number of carbonyl (C=O) groups excluding carboxylic acids is 2. The Hall–Kier alpha value is -0.140. The first-order chi connectivity index (χ1) is 7.43. The van der Waals surface area contributed by atoms with E-state index in [4.69, 9.17) is 20.9 Å². The minimum absolute atomic E-state index is 0.113. The fourth-order valence-corrected chi connectivity index (χ4v) is 3.80. The van der Waals surface area contributed by atoms with Crippen LogP contribution in [-0.2, 0) is 25.6 Å². The second-order valence-electron chi connectivity index (χ2n) is 3.03. The van der Waals surface area contributed by atoms with Crippen LogP contribution in [0.5, 0.6) is 0 Å². The van der Waals surface area contributed by atoms with Gasteiger partial charge in [0.15, 0.2) is 0 Å². The first kappa shape index (κ1) is 13.9. The van der Waals surface area contributed by atoms with E-state index in [1.807, 2.05) is 0 Å². The van der Waals surface area contributed by atoms with Crippen molar-refractivity contribution < 1.29 is 18.6 Å². The van der Waals surface area contributed by atoms with E-state index in [-0.39, 0.29) is 24.4 Å². The molecule has 0 aromatic heterocycles. The van der Waals surface area contributed by atoms with Gasteiger partial charge in [0.1, 0.15) is 6.54 Å². The van der Waals surface area contributed by atoms with Gasteiger partial charge in [-0.3, -0.25) is 9.69 Å². The molecule has 16 heavy (non-hydrogen) atoms. The lowest BCUT2D eigenvalue weighted by atomic mass is 10.6. The van der Waals surface area contributed by atoms with E-state index in [0.717, 1.165) is 4.90 Å². The molecule has 6 nitrogen and oxygen atoms in total. The number of imide groups is 1. The van der Waals surface area contributed by atoms with Gasteiger partial charge in [-0.1, -0.05) is 0 Å². The van der Waals surface area contributed by atoms with Gasteiger partial charge in [-0.2, -0.15) is 0 Å². The Morgan fingerprint density at radius 2 is 2.00 bits per heavy atom. The highest BCUT2D eigenvalue weighted by atomic mass is 32.9. The zero-order valence-electron chi connectivity index (χ0n) is 9.21. The maximum atomic E-state index is 11.5. The van der Waals surface area contributed by atoms with Crippen molar-refractivity contribution in [2.24, 2.45) is 0 Å². The van der Waals surface area contributed by atoms with E-state index in [1.165, 1.54) is 30.5 Å². The molecule has 1 saturated heterocycles. The van der Waals surface area contributed by atoms with Crippen LogP contribution in [0, 0.1) is 0 Å². The Balaban J connectivity index is 2.59. The summed E-state index contributed by atoms with van der Waals surface area (Å²) >= 11 is 6.28. The molecule has 0 radical (unpaired) electrons. The monoisotopic (exact) mass is 284 g/mol. The lowest BCUT2D eigenvalue weighted by Crippen LogP contribution is -2.31. The van der Waals surface area contributed by atoms with Crippen molar-refractivity contribution in [3.05, 3.63) is 0 Å². The molecule has 0 N–H and O–H groups in total. The summed E-state index contributed by atoms with van der Waals surface area (Å²) in [4.78, 5) is 25.5. The van der Waals surface area contributed by atoms with E-state index in [1.54, 1.807) is 7.05 Å². The molecule has 3 amide bonds. The topological polar surface area (TPSA) is 59.1 Å². The maximum Gasteiger partial charge on any atom is 0.327 e. The normalized spacial score (nSPS) is 17.4. The van der Waals surface area contributed by atoms with Gasteiger partial charge in [0.25, 0.3) is 5.91 Å². The number of hydrogen-bond donors (Lipinski definition) is 0. The van der Waals surface area contributed by atoms with Crippen LogP contribution in [0.2, 0.25) is 0 Å². The van der Waals surface area contributed by atoms with Crippen LogP contribution in [0.4, 0.5) is 4.79 Å². The Kier molecular flexibility index (Phi) is 4.75. The number of nitrogens with zero attached hydrogens (tertiary/aromatic N) is 2. The van der Waals surface area contributed by atoms with Crippen LogP contribution < -0.4 is 0 Å². The first-order valence-corrected chi connectivity index (χ1v) is 8.58. The highest BCUT2D eigenvalue weighted by molar-refractivity contribution is 8.67. The van der Waals surface area contributed by atoms with Gasteiger partial charge in [-0.05, 0) is 23.2 Å². The predicted octanol–water partition coefficient (Wildman–Crippen LogP) is 1.09. The van der Waals surface area contributed by atoms with Gasteiger partial charge in [0.05, 0.1) is 5.88 Å². The van der Waals surface area contributed by atoms with Crippen LogP contribution in [0.25, 0.3) is 0 Å². The molecule has 0 aromatic carbocycles. The molecular weight excluding hydrogens is 271 g/mol. The van der Waals surface area contributed by atoms with Crippen LogP contribution in [0.15, 0.2) is 0 Å². The molecule has 0 unspecified atom stereocenters. The molecule has 1 aliphatic heterocycles. The summed E-state index contributed by atoms with van der Waals surface area (Å²) in [5.74, 6) is -0.0604. The molecule has 0 aliphatic carbocycles. The SMILES string of the molecule is COP(=S)(OC)SCN1C(=O)CN(C)C1=O. The number of likely N-dealkylation sites (N-methyl/N-ethyl adjacent to an activating group) is 1. The Morgan fingerprint density at radius 3 is 2.38 bits per heavy atom. The second-order valence-corrected chi connectivity index (χ2v) is 9.52. The fraction of sp³-hybridized carbons (Fsp3) is 0.714. The quantitative estimate of drug-likeness (QED) is 0.556. The molecule has 9 heteroatoms. The fourth-order valence-electron chi connectivity index (χ4n) is 1.10. The van der Waals surface area contributed by atoms with Gasteiger partial charge in [0, 0.05) is 21.3 Å². The third-order valence-corrected chi connectivity index (χ3v) is 7.64. The van der Waals surface area contributed by atoms with Crippen molar-refractivity contribution in [1.82, 2.24) is 9.80 Å². The summed E-state index contributed by atoms with van der Waals surface area (Å²) in [6.45, 7) is 0.113. The summed E-state index contributed by atoms with van der Waals surface area (Å²) in [5, 5.41) is 0. The Morgan fingerprint density at radius 1 is 1.44 bits per heavy atom. The minimum Gasteiger partial charge on any atom is -0.325 e. The molecule has 1 heterocycles. The van der Waals surface area contributed by atoms with Gasteiger partial charge >= 0.3 is 6.03 Å². The molecule has 0 aromatic rings. The van der Waals surface area contributed by atoms with Crippen LogP contribution in [0.3, 0.4) is 0 Å². The van der Waals surface area contributed by atoms with E-state index in [9.17, 15) is 9.59 Å². The molecule has 92 valence electrons. The van der Waals surface area contributed by atoms with Crippen molar-refractivity contribution in [2.45, 2.75) is 0 Å². The number of rotatable bonds is 5. The smallest absolute Gasteiger partial charge is 0.325 e. The summed E-state index contributed by atoms with van der Waals surface area (Å²) in [5.41, 5.74) is -2.42. The molecule has 0 atom stereocenters. The number of urea groups is 1. The molecule has 1 rings (SSSR count). The average molecular weight is 284 g/mol. The Labute approximate surface area is 103 Å². The van der Waals surface area contributed by atoms with Crippen molar-refractivity contribution in [2.75, 3.05) is 33.7 Å². The van der Waals surface area contributed by atoms with Crippen molar-refractivity contribution in [1.29, 1.82) is 0 Å². The number of hydrogen-bond acceptors (Lipinski definition) is 6.